The smallest absolute Gasteiger partial charge is 0.248 e. The number of thioether (sulfide) groups is 1. The lowest BCUT2D eigenvalue weighted by Crippen LogP contribution is -2.65. The number of hydrogen-bond acceptors (Lipinski definition) is 6. The van der Waals surface area contributed by atoms with Gasteiger partial charge < -0.3 is 20.5 Å². The summed E-state index contributed by atoms with van der Waals surface area (Å²) >= 11 is 0.910. The van der Waals surface area contributed by atoms with Gasteiger partial charge in [0.15, 0.2) is 11.5 Å². The molecule has 1 heterocycles. The first-order valence-corrected chi connectivity index (χ1v) is 19.2. The molecule has 3 amide bonds. The Labute approximate surface area is 402 Å². The molecule has 2 atom stereocenters. The summed E-state index contributed by atoms with van der Waals surface area (Å²) in [6.45, 7) is 0. The summed E-state index contributed by atoms with van der Waals surface area (Å²) in [5.74, 6) is 2.61. The van der Waals surface area contributed by atoms with E-state index in [1.807, 2.05) is 0 Å². The normalized spacial score (nSPS) is 15.5. The van der Waals surface area contributed by atoms with Gasteiger partial charge in [-0.2, -0.15) is 0 Å². The van der Waals surface area contributed by atoms with Gasteiger partial charge in [-0.1, -0.05) is 67.5 Å². The number of primary amides is 1. The average molecular weight is 806 g/mol. The van der Waals surface area contributed by atoms with E-state index in [1.165, 1.54) is 41.3 Å². The number of carbonyl (C=O) groups excluding carboxylic acids is 3. The van der Waals surface area contributed by atoms with Gasteiger partial charge in [0.1, 0.15) is 123 Å². The molecule has 0 aliphatic carbocycles. The van der Waals surface area contributed by atoms with Gasteiger partial charge in [-0.15, -0.1) is 28.2 Å². The van der Waals surface area contributed by atoms with E-state index in [0.717, 1.165) is 17.8 Å². The highest BCUT2D eigenvalue weighted by atomic mass is 32.2. The van der Waals surface area contributed by atoms with Gasteiger partial charge in [0.2, 0.25) is 17.7 Å². The fourth-order valence-corrected chi connectivity index (χ4v) is 7.94. The van der Waals surface area contributed by atoms with Crippen LogP contribution in [0.1, 0.15) is 44.4 Å². The third kappa shape index (κ3) is 10.5. The highest BCUT2D eigenvalue weighted by Crippen LogP contribution is 2.46. The molecule has 0 aromatic heterocycles. The number of amides is 3. The van der Waals surface area contributed by atoms with Crippen molar-refractivity contribution in [2.75, 3.05) is 4.90 Å². The number of nitrogens with zero attached hydrogens (tertiary/aromatic N) is 1. The van der Waals surface area contributed by atoms with E-state index < -0.39 is 55.9 Å². The maximum Gasteiger partial charge on any atom is 0.248 e. The second kappa shape index (κ2) is 18.7. The first-order valence-electron chi connectivity index (χ1n) is 18.3. The molecule has 4 aromatic rings. The summed E-state index contributed by atoms with van der Waals surface area (Å²) < 4.78 is 10.6. The zero-order valence-electron chi connectivity index (χ0n) is 33.8. The molecular formula is C36H14B19N3O5S. The SMILES string of the molecule is [B]c1c([B])c([B])c(C#Cc2c([B])c([B])c([C@@H]3S[C@H](CC(=O)NC([B])([B])C([B])([B])c4ccc(OC([B])([B])[B])c(OC([B])([B])[B])c4)C(=O)N3c3cccc(C(N)=O)c3)c([B])c2[B])c([B])c1[B]. The third-order valence-corrected chi connectivity index (χ3v) is 11.2. The number of hydrogen-bond donors (Lipinski definition) is 2. The van der Waals surface area contributed by atoms with Gasteiger partial charge in [-0.05, 0) is 51.8 Å². The Balaban J connectivity index is 1.52. The fraction of sp³-hybridized carbons (Fsp3) is 0.194. The fourth-order valence-electron chi connectivity index (χ4n) is 6.41. The van der Waals surface area contributed by atoms with Crippen molar-refractivity contribution < 1.29 is 23.9 Å². The lowest BCUT2D eigenvalue weighted by atomic mass is 9.32. The van der Waals surface area contributed by atoms with Crippen LogP contribution >= 0.6 is 11.8 Å². The van der Waals surface area contributed by atoms with Crippen LogP contribution in [0.3, 0.4) is 0 Å². The molecule has 1 fully saturated rings. The van der Waals surface area contributed by atoms with Gasteiger partial charge in [-0.3, -0.25) is 19.3 Å². The van der Waals surface area contributed by atoms with Gasteiger partial charge in [0.25, 0.3) is 0 Å². The number of ether oxygens (including phenoxy) is 2. The summed E-state index contributed by atoms with van der Waals surface area (Å²) in [6, 6.07) is 9.35. The number of rotatable bonds is 12. The second-order valence-electron chi connectivity index (χ2n) is 14.8. The molecule has 266 valence electrons. The maximum absolute atomic E-state index is 14.4. The van der Waals surface area contributed by atoms with Gasteiger partial charge in [0.05, 0.1) is 36.6 Å². The van der Waals surface area contributed by atoms with E-state index in [-0.39, 0.29) is 94.2 Å². The van der Waals surface area contributed by atoms with E-state index in [9.17, 15) is 14.4 Å². The molecule has 8 nitrogen and oxygen atoms in total. The quantitative estimate of drug-likeness (QED) is 0.109. The predicted molar refractivity (Wildman–Crippen MR) is 272 cm³/mol. The first kappa shape index (κ1) is 51.0. The molecule has 1 saturated heterocycles. The Morgan fingerprint density at radius 2 is 1.16 bits per heavy atom. The van der Waals surface area contributed by atoms with Gasteiger partial charge >= 0.3 is 0 Å². The van der Waals surface area contributed by atoms with Crippen molar-refractivity contribution in [2.45, 2.75) is 38.2 Å². The molecule has 5 rings (SSSR count). The number of benzene rings is 4. The molecule has 0 bridgehead atoms. The van der Waals surface area contributed by atoms with Crippen LogP contribution in [-0.4, -0.2) is 188 Å². The van der Waals surface area contributed by atoms with Crippen molar-refractivity contribution in [1.29, 1.82) is 0 Å². The molecule has 64 heavy (non-hydrogen) atoms. The summed E-state index contributed by atoms with van der Waals surface area (Å²) in [4.78, 5) is 41.7. The monoisotopic (exact) mass is 809 g/mol. The van der Waals surface area contributed by atoms with E-state index in [2.05, 4.69) is 17.2 Å². The molecule has 28 heteroatoms. The zero-order chi connectivity index (χ0) is 48.2. The average Bonchev–Trinajstić information content (AvgIpc) is 3.49. The van der Waals surface area contributed by atoms with Crippen LogP contribution in [0, 0.1) is 11.8 Å². The Bertz CT molecular complexity index is 2590. The highest BCUT2D eigenvalue weighted by molar-refractivity contribution is 8.01. The lowest BCUT2D eigenvalue weighted by Gasteiger charge is -2.46. The minimum Gasteiger partial charge on any atom is -0.512 e. The molecule has 4 aromatic carbocycles. The zero-order valence-corrected chi connectivity index (χ0v) is 34.7. The van der Waals surface area contributed by atoms with Crippen molar-refractivity contribution in [1.82, 2.24) is 5.32 Å². The summed E-state index contributed by atoms with van der Waals surface area (Å²) in [5, 5.41) is -9.34. The van der Waals surface area contributed by atoms with Crippen LogP contribution in [0.15, 0.2) is 42.5 Å². The van der Waals surface area contributed by atoms with Crippen molar-refractivity contribution in [2.24, 2.45) is 5.73 Å². The molecule has 1 aliphatic rings. The van der Waals surface area contributed by atoms with Crippen molar-refractivity contribution >= 4 is 233 Å². The number of nitrogens with one attached hydrogen (secondary N) is 1. The Morgan fingerprint density at radius 3 is 1.66 bits per heavy atom. The van der Waals surface area contributed by atoms with E-state index in [1.54, 1.807) is 0 Å². The summed E-state index contributed by atoms with van der Waals surface area (Å²) in [7, 11) is 116. The summed E-state index contributed by atoms with van der Waals surface area (Å²) in [5.41, 5.74) is 4.89. The van der Waals surface area contributed by atoms with Gasteiger partial charge in [0, 0.05) is 28.8 Å². The minimum absolute atomic E-state index is 0.0256. The predicted octanol–water partition coefficient (Wildman–Crippen LogP) is -10.8. The molecular weight excluding hydrogens is 792 g/mol. The molecule has 0 saturated carbocycles. The van der Waals surface area contributed by atoms with E-state index in [0.29, 0.717) is 0 Å². The van der Waals surface area contributed by atoms with Crippen LogP contribution in [0.5, 0.6) is 11.5 Å². The Morgan fingerprint density at radius 1 is 0.672 bits per heavy atom. The van der Waals surface area contributed by atoms with E-state index in [4.69, 9.17) is 164 Å². The lowest BCUT2D eigenvalue weighted by molar-refractivity contribution is -0.125. The highest BCUT2D eigenvalue weighted by Gasteiger charge is 2.45. The minimum atomic E-state index is -2.48. The third-order valence-electron chi connectivity index (χ3n) is 9.80. The number of anilines is 1. The van der Waals surface area contributed by atoms with Crippen LogP contribution in [0.4, 0.5) is 5.69 Å². The first-order chi connectivity index (χ1) is 29.4. The topological polar surface area (TPSA) is 111 Å². The largest absolute Gasteiger partial charge is 0.512 e. The molecule has 0 spiro atoms. The maximum atomic E-state index is 14.4. The van der Waals surface area contributed by atoms with Crippen molar-refractivity contribution in [3.05, 3.63) is 70.3 Å². The summed E-state index contributed by atoms with van der Waals surface area (Å²) in [6.07, 6.45) is -0.605. The van der Waals surface area contributed by atoms with Crippen molar-refractivity contribution in [3.8, 4) is 23.3 Å². The molecule has 38 radical (unpaired) electrons. The van der Waals surface area contributed by atoms with Crippen LogP contribution in [0.2, 0.25) is 0 Å². The van der Waals surface area contributed by atoms with Gasteiger partial charge in [-0.25, -0.2) is 0 Å². The molecule has 0 unspecified atom stereocenters. The second-order valence-corrected chi connectivity index (χ2v) is 16.1. The van der Waals surface area contributed by atoms with E-state index >= 15 is 0 Å². The number of carbonyl (C=O) groups is 3. The van der Waals surface area contributed by atoms with Crippen LogP contribution < -0.4 is 74.6 Å². The molecule has 1 aliphatic heterocycles. The Hall–Kier alpha value is -3.97. The standard InChI is InChI=1S/C36H14B19N3O5S/c37-21-14(5-6-15-23(39)27(43)29(45)28(44)24(15)40)22(38)26(42)20(25(21)41)32-58(13-3-1-2-11(8-13)30(56)60)31(61)18(64-32)10-19(59)57-34(48,49)33(46,47)12-4-7-16(62-35(50,51)52)17(9-12)63-36(53,54)55/h1-4,7-9,18,32H,10H2,(H2,56,60)(H,57,59)/t18-,32+/m1/s1. The van der Waals surface area contributed by atoms with Crippen LogP contribution in [0.25, 0.3) is 0 Å². The van der Waals surface area contributed by atoms with Crippen molar-refractivity contribution in [3.63, 3.8) is 0 Å². The number of nitrogens with two attached hydrogens (primary N) is 1. The van der Waals surface area contributed by atoms with Crippen LogP contribution in [-0.2, 0) is 14.8 Å². The Kier molecular flexibility index (Phi) is 14.9. The molecule has 3 N–H and O–H groups in total.